The molecule has 2 rings (SSSR count). The third-order valence-corrected chi connectivity index (χ3v) is 2.85. The van der Waals surface area contributed by atoms with Gasteiger partial charge in [0.25, 0.3) is 5.91 Å². The maximum Gasteiger partial charge on any atom is 0.255 e. The van der Waals surface area contributed by atoms with E-state index in [1.807, 2.05) is 0 Å². The van der Waals surface area contributed by atoms with Crippen LogP contribution in [0.4, 0.5) is 5.69 Å². The summed E-state index contributed by atoms with van der Waals surface area (Å²) in [6.45, 7) is -0.0483. The van der Waals surface area contributed by atoms with Gasteiger partial charge in [-0.2, -0.15) is 0 Å². The molecule has 0 spiro atoms. The Kier molecular flexibility index (Phi) is 3.89. The second-order valence-electron chi connectivity index (χ2n) is 4.45. The Hall–Kier alpha value is -2.24. The van der Waals surface area contributed by atoms with E-state index in [2.05, 4.69) is 10.6 Å². The standard InChI is InChI=1S/C13H17N3O3/c1-19-12-9(3-2-4-10(12)14)13(18)15-7-11(17)16-8-5-6-8/h2-4,8H,5-7,14H2,1H3,(H,15,18)(H,16,17). The van der Waals surface area contributed by atoms with E-state index in [1.54, 1.807) is 18.2 Å². The monoisotopic (exact) mass is 263 g/mol. The number of anilines is 1. The number of nitrogen functional groups attached to an aromatic ring is 1. The van der Waals surface area contributed by atoms with E-state index in [-0.39, 0.29) is 24.4 Å². The van der Waals surface area contributed by atoms with Gasteiger partial charge in [0.2, 0.25) is 5.91 Å². The van der Waals surface area contributed by atoms with Crippen molar-refractivity contribution in [2.45, 2.75) is 18.9 Å². The van der Waals surface area contributed by atoms with Crippen molar-refractivity contribution in [3.8, 4) is 5.75 Å². The van der Waals surface area contributed by atoms with Gasteiger partial charge in [-0.3, -0.25) is 9.59 Å². The van der Waals surface area contributed by atoms with Crippen LogP contribution >= 0.6 is 0 Å². The van der Waals surface area contributed by atoms with E-state index in [4.69, 9.17) is 10.5 Å². The lowest BCUT2D eigenvalue weighted by Gasteiger charge is -2.11. The molecule has 1 aliphatic rings. The number of nitrogens with one attached hydrogen (secondary N) is 2. The number of methoxy groups -OCH3 is 1. The topological polar surface area (TPSA) is 93.4 Å². The fourth-order valence-electron chi connectivity index (χ4n) is 1.72. The number of carbonyl (C=O) groups is 2. The first-order chi connectivity index (χ1) is 9.11. The van der Waals surface area contributed by atoms with Gasteiger partial charge < -0.3 is 21.1 Å². The van der Waals surface area contributed by atoms with Crippen LogP contribution in [0.3, 0.4) is 0 Å². The van der Waals surface area contributed by atoms with Crippen LogP contribution in [-0.4, -0.2) is 31.5 Å². The predicted octanol–water partition coefficient (Wildman–Crippen LogP) is 0.286. The van der Waals surface area contributed by atoms with Crippen LogP contribution < -0.4 is 21.1 Å². The molecule has 6 heteroatoms. The average molecular weight is 263 g/mol. The first kappa shape index (κ1) is 13.2. The SMILES string of the molecule is COc1c(N)cccc1C(=O)NCC(=O)NC1CC1. The second-order valence-corrected chi connectivity index (χ2v) is 4.45. The minimum atomic E-state index is -0.380. The van der Waals surface area contributed by atoms with Crippen LogP contribution in [-0.2, 0) is 4.79 Å². The van der Waals surface area contributed by atoms with Crippen LogP contribution in [0.25, 0.3) is 0 Å². The molecule has 2 amide bonds. The van der Waals surface area contributed by atoms with Crippen LogP contribution in [0.2, 0.25) is 0 Å². The van der Waals surface area contributed by atoms with Gasteiger partial charge >= 0.3 is 0 Å². The maximum atomic E-state index is 12.0. The number of carbonyl (C=O) groups excluding carboxylic acids is 2. The molecule has 6 nitrogen and oxygen atoms in total. The van der Waals surface area contributed by atoms with E-state index in [0.717, 1.165) is 12.8 Å². The Labute approximate surface area is 111 Å². The number of benzene rings is 1. The highest BCUT2D eigenvalue weighted by atomic mass is 16.5. The summed E-state index contributed by atoms with van der Waals surface area (Å²) in [5, 5.41) is 5.34. The zero-order chi connectivity index (χ0) is 13.8. The van der Waals surface area contributed by atoms with Crippen molar-refractivity contribution in [3.05, 3.63) is 23.8 Å². The minimum absolute atomic E-state index is 0.0483. The van der Waals surface area contributed by atoms with Gasteiger partial charge in [0.15, 0.2) is 5.75 Å². The fraction of sp³-hybridized carbons (Fsp3) is 0.385. The van der Waals surface area contributed by atoms with Gasteiger partial charge in [-0.15, -0.1) is 0 Å². The highest BCUT2D eigenvalue weighted by Gasteiger charge is 2.23. The summed E-state index contributed by atoms with van der Waals surface area (Å²) in [7, 11) is 1.45. The summed E-state index contributed by atoms with van der Waals surface area (Å²) in [5.41, 5.74) is 6.42. The summed E-state index contributed by atoms with van der Waals surface area (Å²) in [4.78, 5) is 23.4. The van der Waals surface area contributed by atoms with E-state index in [0.29, 0.717) is 17.0 Å². The Balaban J connectivity index is 1.95. The van der Waals surface area contributed by atoms with Crippen molar-refractivity contribution in [2.24, 2.45) is 0 Å². The maximum absolute atomic E-state index is 12.0. The number of amides is 2. The number of nitrogens with two attached hydrogens (primary N) is 1. The van der Waals surface area contributed by atoms with Crippen molar-refractivity contribution in [1.29, 1.82) is 0 Å². The van der Waals surface area contributed by atoms with E-state index in [1.165, 1.54) is 7.11 Å². The molecule has 1 fully saturated rings. The molecule has 0 atom stereocenters. The van der Waals surface area contributed by atoms with Gasteiger partial charge in [0.1, 0.15) is 0 Å². The number of para-hydroxylation sites is 1. The average Bonchev–Trinajstić information content (AvgIpc) is 3.19. The lowest BCUT2D eigenvalue weighted by atomic mass is 10.1. The highest BCUT2D eigenvalue weighted by Crippen LogP contribution is 2.25. The first-order valence-corrected chi connectivity index (χ1v) is 6.12. The number of hydrogen-bond acceptors (Lipinski definition) is 4. The molecule has 1 saturated carbocycles. The molecule has 0 heterocycles. The molecular formula is C13H17N3O3. The minimum Gasteiger partial charge on any atom is -0.494 e. The van der Waals surface area contributed by atoms with Crippen molar-refractivity contribution >= 4 is 17.5 Å². The molecule has 0 bridgehead atoms. The summed E-state index contributed by atoms with van der Waals surface area (Å²) in [5.74, 6) is -0.239. The third-order valence-electron chi connectivity index (χ3n) is 2.85. The largest absolute Gasteiger partial charge is 0.494 e. The van der Waals surface area contributed by atoms with Gasteiger partial charge in [-0.05, 0) is 25.0 Å². The summed E-state index contributed by atoms with van der Waals surface area (Å²) >= 11 is 0. The molecule has 0 radical (unpaired) electrons. The summed E-state index contributed by atoms with van der Waals surface area (Å²) in [6.07, 6.45) is 2.03. The van der Waals surface area contributed by atoms with E-state index in [9.17, 15) is 9.59 Å². The van der Waals surface area contributed by atoms with Crippen molar-refractivity contribution in [1.82, 2.24) is 10.6 Å². The Morgan fingerprint density at radius 2 is 2.16 bits per heavy atom. The molecule has 0 aromatic heterocycles. The number of rotatable bonds is 5. The lowest BCUT2D eigenvalue weighted by Crippen LogP contribution is -2.37. The second kappa shape index (κ2) is 5.60. The molecule has 0 aliphatic heterocycles. The normalized spacial score (nSPS) is 13.7. The molecule has 1 aromatic carbocycles. The molecule has 19 heavy (non-hydrogen) atoms. The van der Waals surface area contributed by atoms with E-state index >= 15 is 0 Å². The third kappa shape index (κ3) is 3.37. The highest BCUT2D eigenvalue weighted by molar-refractivity contribution is 6.00. The van der Waals surface area contributed by atoms with Crippen LogP contribution in [0.5, 0.6) is 5.75 Å². The Morgan fingerprint density at radius 3 is 2.79 bits per heavy atom. The van der Waals surface area contributed by atoms with Crippen molar-refractivity contribution in [3.63, 3.8) is 0 Å². The quantitative estimate of drug-likeness (QED) is 0.665. The Morgan fingerprint density at radius 1 is 1.42 bits per heavy atom. The van der Waals surface area contributed by atoms with Crippen molar-refractivity contribution in [2.75, 3.05) is 19.4 Å². The number of hydrogen-bond donors (Lipinski definition) is 3. The molecule has 1 aliphatic carbocycles. The van der Waals surface area contributed by atoms with Gasteiger partial charge in [0.05, 0.1) is 24.9 Å². The summed E-state index contributed by atoms with van der Waals surface area (Å²) < 4.78 is 5.09. The number of ether oxygens (including phenoxy) is 1. The zero-order valence-electron chi connectivity index (χ0n) is 10.7. The van der Waals surface area contributed by atoms with E-state index < -0.39 is 0 Å². The molecular weight excluding hydrogens is 246 g/mol. The van der Waals surface area contributed by atoms with Gasteiger partial charge in [-0.25, -0.2) is 0 Å². The smallest absolute Gasteiger partial charge is 0.255 e. The molecule has 4 N–H and O–H groups in total. The Bertz CT molecular complexity index is 498. The van der Waals surface area contributed by atoms with Crippen LogP contribution in [0.15, 0.2) is 18.2 Å². The lowest BCUT2D eigenvalue weighted by molar-refractivity contribution is -0.120. The molecule has 102 valence electrons. The molecule has 1 aromatic rings. The molecule has 0 saturated heterocycles. The van der Waals surface area contributed by atoms with Gasteiger partial charge in [0, 0.05) is 6.04 Å². The predicted molar refractivity (Wildman–Crippen MR) is 70.9 cm³/mol. The molecule has 0 unspecified atom stereocenters. The fourth-order valence-corrected chi connectivity index (χ4v) is 1.72. The first-order valence-electron chi connectivity index (χ1n) is 6.12. The van der Waals surface area contributed by atoms with Crippen LogP contribution in [0.1, 0.15) is 23.2 Å². The van der Waals surface area contributed by atoms with Gasteiger partial charge in [-0.1, -0.05) is 6.07 Å². The summed E-state index contributed by atoms with van der Waals surface area (Å²) in [6, 6.07) is 5.20. The van der Waals surface area contributed by atoms with Crippen molar-refractivity contribution < 1.29 is 14.3 Å². The van der Waals surface area contributed by atoms with Crippen LogP contribution in [0, 0.1) is 0 Å². The zero-order valence-corrected chi connectivity index (χ0v) is 10.7.